The second kappa shape index (κ2) is 8.91. The van der Waals surface area contributed by atoms with Crippen LogP contribution >= 0.6 is 27.3 Å². The monoisotopic (exact) mass is 480 g/mol. The molecule has 10 heteroatoms. The zero-order valence-corrected chi connectivity index (χ0v) is 18.1. The lowest BCUT2D eigenvalue weighted by atomic mass is 10.2. The largest absolute Gasteiger partial charge is 0.296 e. The van der Waals surface area contributed by atoms with Crippen LogP contribution in [0, 0.1) is 6.92 Å². The molecule has 2 N–H and O–H groups in total. The highest BCUT2D eigenvalue weighted by atomic mass is 79.9. The first-order valence-electron chi connectivity index (χ1n) is 8.30. The number of hydrogen-bond acceptors (Lipinski definition) is 6. The van der Waals surface area contributed by atoms with Crippen LogP contribution < -0.4 is 10.0 Å². The maximum absolute atomic E-state index is 12.3. The standard InChI is InChI=1S/C18H17BrN4O3S2/c1-12-6-8-13(9-7-12)28(25,26)20-11-10-16-22-23-18(27-16)21-17(24)14-4-2-3-5-15(14)19/h2-9,20H,10-11H2,1H3,(H,21,23,24). The van der Waals surface area contributed by atoms with Crippen molar-refractivity contribution in [1.29, 1.82) is 0 Å². The molecule has 7 nitrogen and oxygen atoms in total. The SMILES string of the molecule is Cc1ccc(S(=O)(=O)NCCc2nnc(NC(=O)c3ccccc3Br)s2)cc1. The highest BCUT2D eigenvalue weighted by Crippen LogP contribution is 2.20. The lowest BCUT2D eigenvalue weighted by Crippen LogP contribution is -2.25. The summed E-state index contributed by atoms with van der Waals surface area (Å²) < 4.78 is 27.8. The minimum absolute atomic E-state index is 0.184. The van der Waals surface area contributed by atoms with E-state index in [0.29, 0.717) is 26.6 Å². The number of amides is 1. The molecule has 3 aromatic rings. The molecule has 0 bridgehead atoms. The summed E-state index contributed by atoms with van der Waals surface area (Å²) in [4.78, 5) is 12.5. The second-order valence-corrected chi connectivity index (χ2v) is 9.58. The smallest absolute Gasteiger partial charge is 0.258 e. The number of hydrogen-bond donors (Lipinski definition) is 2. The number of aryl methyl sites for hydroxylation is 1. The number of nitrogens with one attached hydrogen (secondary N) is 2. The van der Waals surface area contributed by atoms with Gasteiger partial charge in [0.05, 0.1) is 10.5 Å². The Bertz CT molecular complexity index is 1080. The number of carbonyl (C=O) groups excluding carboxylic acids is 1. The molecule has 2 aromatic carbocycles. The van der Waals surface area contributed by atoms with Crippen molar-refractivity contribution in [1.82, 2.24) is 14.9 Å². The summed E-state index contributed by atoms with van der Waals surface area (Å²) in [7, 11) is -3.57. The van der Waals surface area contributed by atoms with E-state index in [9.17, 15) is 13.2 Å². The van der Waals surface area contributed by atoms with Crippen molar-refractivity contribution in [3.8, 4) is 0 Å². The van der Waals surface area contributed by atoms with Crippen LogP contribution in [0.4, 0.5) is 5.13 Å². The molecule has 146 valence electrons. The van der Waals surface area contributed by atoms with Gasteiger partial charge in [-0.05, 0) is 47.1 Å². The van der Waals surface area contributed by atoms with Gasteiger partial charge in [0.1, 0.15) is 5.01 Å². The third-order valence-corrected chi connectivity index (χ3v) is 6.83. The van der Waals surface area contributed by atoms with Gasteiger partial charge in [0.2, 0.25) is 15.2 Å². The third-order valence-electron chi connectivity index (χ3n) is 3.77. The highest BCUT2D eigenvalue weighted by molar-refractivity contribution is 9.10. The Morgan fingerprint density at radius 2 is 1.82 bits per heavy atom. The van der Waals surface area contributed by atoms with Crippen LogP contribution in [0.5, 0.6) is 0 Å². The van der Waals surface area contributed by atoms with Crippen LogP contribution in [0.25, 0.3) is 0 Å². The lowest BCUT2D eigenvalue weighted by molar-refractivity contribution is 0.102. The molecule has 0 saturated carbocycles. The van der Waals surface area contributed by atoms with Crippen LogP contribution in [0.2, 0.25) is 0 Å². The Labute approximate surface area is 175 Å². The van der Waals surface area contributed by atoms with Crippen LogP contribution in [0.1, 0.15) is 20.9 Å². The lowest BCUT2D eigenvalue weighted by Gasteiger charge is -2.05. The van der Waals surface area contributed by atoms with E-state index in [0.717, 1.165) is 5.56 Å². The van der Waals surface area contributed by atoms with Crippen molar-refractivity contribution < 1.29 is 13.2 Å². The van der Waals surface area contributed by atoms with Gasteiger partial charge >= 0.3 is 0 Å². The van der Waals surface area contributed by atoms with E-state index in [1.165, 1.54) is 11.3 Å². The number of carbonyl (C=O) groups is 1. The fraction of sp³-hybridized carbons (Fsp3) is 0.167. The summed E-state index contributed by atoms with van der Waals surface area (Å²) in [6.45, 7) is 2.08. The fourth-order valence-corrected chi connectivity index (χ4v) is 4.54. The molecule has 0 aliphatic carbocycles. The van der Waals surface area contributed by atoms with E-state index >= 15 is 0 Å². The van der Waals surface area contributed by atoms with Crippen molar-refractivity contribution in [2.75, 3.05) is 11.9 Å². The first-order chi connectivity index (χ1) is 13.3. The average molecular weight is 481 g/mol. The number of halogens is 1. The molecule has 1 amide bonds. The average Bonchev–Trinajstić information content (AvgIpc) is 3.09. The molecule has 0 aliphatic heterocycles. The molecule has 0 aliphatic rings. The Morgan fingerprint density at radius 3 is 2.54 bits per heavy atom. The second-order valence-electron chi connectivity index (χ2n) is 5.90. The van der Waals surface area contributed by atoms with E-state index in [4.69, 9.17) is 0 Å². The third kappa shape index (κ3) is 5.22. The van der Waals surface area contributed by atoms with Crippen molar-refractivity contribution in [3.05, 3.63) is 69.1 Å². The van der Waals surface area contributed by atoms with E-state index in [2.05, 4.69) is 36.2 Å². The zero-order chi connectivity index (χ0) is 20.1. The molecule has 0 saturated heterocycles. The number of rotatable bonds is 7. The summed E-state index contributed by atoms with van der Waals surface area (Å²) in [6, 6.07) is 13.7. The quantitative estimate of drug-likeness (QED) is 0.539. The van der Waals surface area contributed by atoms with Gasteiger partial charge in [-0.2, -0.15) is 0 Å². The van der Waals surface area contributed by atoms with Crippen LogP contribution in [-0.2, 0) is 16.4 Å². The molecule has 1 heterocycles. The van der Waals surface area contributed by atoms with Gasteiger partial charge < -0.3 is 0 Å². The van der Waals surface area contributed by atoms with E-state index < -0.39 is 10.0 Å². The molecule has 3 rings (SSSR count). The topological polar surface area (TPSA) is 101 Å². The van der Waals surface area contributed by atoms with Crippen molar-refractivity contribution in [3.63, 3.8) is 0 Å². The summed E-state index contributed by atoms with van der Waals surface area (Å²) in [6.07, 6.45) is 0.369. The first kappa shape index (κ1) is 20.6. The summed E-state index contributed by atoms with van der Waals surface area (Å²) >= 11 is 4.54. The van der Waals surface area contributed by atoms with E-state index in [1.54, 1.807) is 42.5 Å². The van der Waals surface area contributed by atoms with Gasteiger partial charge in [0, 0.05) is 17.4 Å². The van der Waals surface area contributed by atoms with Gasteiger partial charge in [-0.1, -0.05) is 41.2 Å². The zero-order valence-electron chi connectivity index (χ0n) is 14.8. The van der Waals surface area contributed by atoms with Gasteiger partial charge in [-0.3, -0.25) is 10.1 Å². The van der Waals surface area contributed by atoms with Gasteiger partial charge in [-0.15, -0.1) is 10.2 Å². The number of sulfonamides is 1. The Balaban J connectivity index is 1.55. The number of anilines is 1. The van der Waals surface area contributed by atoms with E-state index in [1.807, 2.05) is 13.0 Å². The van der Waals surface area contributed by atoms with Gasteiger partial charge in [0.15, 0.2) is 0 Å². The molecule has 0 radical (unpaired) electrons. The molecular weight excluding hydrogens is 464 g/mol. The molecule has 1 aromatic heterocycles. The Kier molecular flexibility index (Phi) is 6.55. The van der Waals surface area contributed by atoms with Crippen molar-refractivity contribution >= 4 is 48.3 Å². The molecule has 0 fully saturated rings. The van der Waals surface area contributed by atoms with Crippen LogP contribution in [0.15, 0.2) is 57.9 Å². The predicted molar refractivity (Wildman–Crippen MR) is 112 cm³/mol. The number of nitrogens with zero attached hydrogens (tertiary/aromatic N) is 2. The number of benzene rings is 2. The Hall–Kier alpha value is -2.14. The van der Waals surface area contributed by atoms with Gasteiger partial charge in [0.25, 0.3) is 5.91 Å². The maximum Gasteiger partial charge on any atom is 0.258 e. The molecular formula is C18H17BrN4O3S2. The molecule has 0 spiro atoms. The van der Waals surface area contributed by atoms with Crippen molar-refractivity contribution in [2.24, 2.45) is 0 Å². The van der Waals surface area contributed by atoms with Crippen molar-refractivity contribution in [2.45, 2.75) is 18.2 Å². The maximum atomic E-state index is 12.3. The van der Waals surface area contributed by atoms with Crippen LogP contribution in [0.3, 0.4) is 0 Å². The fourth-order valence-electron chi connectivity index (χ4n) is 2.31. The normalized spacial score (nSPS) is 11.4. The minimum atomic E-state index is -3.57. The van der Waals surface area contributed by atoms with Crippen LogP contribution in [-0.4, -0.2) is 31.1 Å². The van der Waals surface area contributed by atoms with E-state index in [-0.39, 0.29) is 17.3 Å². The molecule has 0 unspecified atom stereocenters. The number of aromatic nitrogens is 2. The summed E-state index contributed by atoms with van der Waals surface area (Å²) in [5, 5.41) is 11.6. The minimum Gasteiger partial charge on any atom is -0.296 e. The van der Waals surface area contributed by atoms with Gasteiger partial charge in [-0.25, -0.2) is 13.1 Å². The molecule has 28 heavy (non-hydrogen) atoms. The Morgan fingerprint density at radius 1 is 1.11 bits per heavy atom. The molecule has 0 atom stereocenters. The summed E-state index contributed by atoms with van der Waals surface area (Å²) in [5.41, 5.74) is 1.48. The first-order valence-corrected chi connectivity index (χ1v) is 11.4. The predicted octanol–water partition coefficient (Wildman–Crippen LogP) is 3.38. The summed E-state index contributed by atoms with van der Waals surface area (Å²) in [5.74, 6) is -0.296. The highest BCUT2D eigenvalue weighted by Gasteiger charge is 2.15.